The molecule has 3 heterocycles. The van der Waals surface area contributed by atoms with Crippen molar-refractivity contribution >= 4 is 33.1 Å². The Morgan fingerprint density at radius 1 is 0.897 bits per heavy atom. The van der Waals surface area contributed by atoms with Gasteiger partial charge in [0.05, 0.1) is 5.56 Å². The first-order chi connectivity index (χ1) is 18.2. The minimum absolute atomic E-state index is 0.00432. The molecule has 0 fully saturated rings. The second-order valence-electron chi connectivity index (χ2n) is 11.1. The molecular formula is C30H32O9. The molecule has 206 valence electrons. The second kappa shape index (κ2) is 9.07. The Morgan fingerprint density at radius 3 is 2.10 bits per heavy atom. The molecule has 0 amide bonds. The van der Waals surface area contributed by atoms with Gasteiger partial charge in [-0.2, -0.15) is 0 Å². The summed E-state index contributed by atoms with van der Waals surface area (Å²) in [5, 5.41) is 54.8. The lowest BCUT2D eigenvalue weighted by atomic mass is 9.87. The Labute approximate surface area is 223 Å². The average Bonchev–Trinajstić information content (AvgIpc) is 3.20. The third-order valence-corrected chi connectivity index (χ3v) is 7.26. The van der Waals surface area contributed by atoms with Crippen molar-refractivity contribution in [2.45, 2.75) is 72.2 Å². The molecule has 2 aromatic carbocycles. The van der Waals surface area contributed by atoms with Crippen molar-refractivity contribution in [1.29, 1.82) is 0 Å². The molecule has 5 rings (SSSR count). The number of hydrogen-bond acceptors (Lipinski definition) is 9. The zero-order chi connectivity index (χ0) is 28.5. The zero-order valence-corrected chi connectivity index (χ0v) is 22.7. The fourth-order valence-corrected chi connectivity index (χ4v) is 5.07. The van der Waals surface area contributed by atoms with E-state index in [1.807, 2.05) is 39.8 Å². The van der Waals surface area contributed by atoms with Crippen LogP contribution in [0.15, 0.2) is 43.0 Å². The van der Waals surface area contributed by atoms with Gasteiger partial charge in [-0.25, -0.2) is 0 Å². The smallest absolute Gasteiger partial charge is 0.302 e. The summed E-state index contributed by atoms with van der Waals surface area (Å²) < 4.78 is 17.8. The number of rotatable bonds is 4. The highest BCUT2D eigenvalue weighted by molar-refractivity contribution is 6.09. The van der Waals surface area contributed by atoms with Gasteiger partial charge in [-0.05, 0) is 60.5 Å². The maximum absolute atomic E-state index is 14.0. The van der Waals surface area contributed by atoms with Crippen molar-refractivity contribution in [3.05, 3.63) is 56.3 Å². The van der Waals surface area contributed by atoms with E-state index in [1.165, 1.54) is 6.07 Å². The quantitative estimate of drug-likeness (QED) is 0.216. The summed E-state index contributed by atoms with van der Waals surface area (Å²) in [7, 11) is 0. The Hall–Kier alpha value is -3.95. The van der Waals surface area contributed by atoms with Gasteiger partial charge >= 0.3 is 5.78 Å². The van der Waals surface area contributed by atoms with Crippen LogP contribution in [0.1, 0.15) is 64.3 Å². The molecular weight excluding hydrogens is 504 g/mol. The molecule has 1 aliphatic heterocycles. The molecule has 1 aliphatic rings. The third-order valence-electron chi connectivity index (χ3n) is 7.26. The summed E-state index contributed by atoms with van der Waals surface area (Å²) in [5.74, 6) is -1.25. The highest BCUT2D eigenvalue weighted by atomic mass is 16.5. The van der Waals surface area contributed by atoms with Gasteiger partial charge in [-0.3, -0.25) is 4.79 Å². The topological polar surface area (TPSA) is 154 Å². The van der Waals surface area contributed by atoms with E-state index in [4.69, 9.17) is 13.6 Å². The van der Waals surface area contributed by atoms with Crippen LogP contribution < -0.4 is 10.2 Å². The van der Waals surface area contributed by atoms with E-state index in [0.29, 0.717) is 5.56 Å². The number of furan rings is 1. The van der Waals surface area contributed by atoms with Crippen molar-refractivity contribution in [2.75, 3.05) is 0 Å². The molecule has 9 nitrogen and oxygen atoms in total. The van der Waals surface area contributed by atoms with Crippen LogP contribution in [-0.2, 0) is 12.8 Å². The third kappa shape index (κ3) is 4.04. The van der Waals surface area contributed by atoms with Gasteiger partial charge in [-0.1, -0.05) is 23.3 Å². The van der Waals surface area contributed by atoms with E-state index in [1.54, 1.807) is 13.8 Å². The van der Waals surface area contributed by atoms with Crippen molar-refractivity contribution in [3.8, 4) is 23.0 Å². The summed E-state index contributed by atoms with van der Waals surface area (Å²) in [6.07, 6.45) is 1.25. The number of aliphatic hydroxyl groups is 2. The van der Waals surface area contributed by atoms with Gasteiger partial charge in [-0.15, -0.1) is 0 Å². The number of ether oxygens (including phenoxy) is 1. The van der Waals surface area contributed by atoms with E-state index in [2.05, 4.69) is 0 Å². The van der Waals surface area contributed by atoms with E-state index < -0.39 is 29.0 Å². The molecule has 2 unspecified atom stereocenters. The summed E-state index contributed by atoms with van der Waals surface area (Å²) in [6.45, 7) is 10.7. The second-order valence-corrected chi connectivity index (χ2v) is 11.1. The average molecular weight is 537 g/mol. The standard InChI is InChI=1S/C30H32O9/c1-12(2)7-9-14-21(32)15(10-8-13(3)4)25-19(22(14)33)23(34)18-16-11-17(31)27-20(26(16)38-29(18)37-25)24(35)28(36)30(5,6)39-27/h7-8,11,24,28,31-33,35-36H,9-10H2,1-6H3. The number of phenols is 3. The van der Waals surface area contributed by atoms with Crippen LogP contribution in [0.25, 0.3) is 33.1 Å². The minimum atomic E-state index is -1.50. The number of fused-ring (bicyclic) bond motifs is 6. The first kappa shape index (κ1) is 26.6. The summed E-state index contributed by atoms with van der Waals surface area (Å²) in [5.41, 5.74) is 0.545. The van der Waals surface area contributed by atoms with Crippen molar-refractivity contribution in [1.82, 2.24) is 0 Å². The number of hydrogen-bond donors (Lipinski definition) is 5. The molecule has 2 aromatic heterocycles. The van der Waals surface area contributed by atoms with Gasteiger partial charge in [0.1, 0.15) is 45.7 Å². The Morgan fingerprint density at radius 2 is 1.49 bits per heavy atom. The van der Waals surface area contributed by atoms with E-state index >= 15 is 0 Å². The molecule has 9 heteroatoms. The fraction of sp³-hybridized carbons (Fsp3) is 0.367. The predicted octanol–water partition coefficient (Wildman–Crippen LogP) is 5.39. The largest absolute Gasteiger partial charge is 0.507 e. The molecule has 0 spiro atoms. The van der Waals surface area contributed by atoms with Gasteiger partial charge in [0.2, 0.25) is 5.43 Å². The first-order valence-electron chi connectivity index (χ1n) is 12.7. The normalized spacial score (nSPS) is 18.3. The van der Waals surface area contributed by atoms with Gasteiger partial charge in [0.15, 0.2) is 17.1 Å². The number of aromatic hydroxyl groups is 3. The molecule has 0 bridgehead atoms. The molecule has 0 saturated carbocycles. The fourth-order valence-electron chi connectivity index (χ4n) is 5.07. The monoisotopic (exact) mass is 536 g/mol. The van der Waals surface area contributed by atoms with Crippen LogP contribution in [0.2, 0.25) is 0 Å². The van der Waals surface area contributed by atoms with Crippen LogP contribution in [-0.4, -0.2) is 37.2 Å². The summed E-state index contributed by atoms with van der Waals surface area (Å²) >= 11 is 0. The van der Waals surface area contributed by atoms with E-state index in [0.717, 1.165) is 11.1 Å². The Kier molecular flexibility index (Phi) is 6.19. The van der Waals surface area contributed by atoms with Crippen LogP contribution in [0.3, 0.4) is 0 Å². The summed E-state index contributed by atoms with van der Waals surface area (Å²) in [6, 6.07) is 1.27. The lowest BCUT2D eigenvalue weighted by Gasteiger charge is -2.39. The van der Waals surface area contributed by atoms with E-state index in [9.17, 15) is 30.3 Å². The van der Waals surface area contributed by atoms with Crippen LogP contribution >= 0.6 is 0 Å². The van der Waals surface area contributed by atoms with Crippen LogP contribution in [0.5, 0.6) is 23.0 Å². The lowest BCUT2D eigenvalue weighted by molar-refractivity contribution is -0.112. The molecule has 2 atom stereocenters. The number of phenolic OH excluding ortho intramolecular Hbond substituents is 3. The van der Waals surface area contributed by atoms with Gasteiger partial charge < -0.3 is 39.1 Å². The van der Waals surface area contributed by atoms with E-state index in [-0.39, 0.29) is 74.3 Å². The SMILES string of the molecule is CC(C)=CCc1c(O)c(CC=C(C)C)c2oc3oc4c5c(c(O)cc4c3c(=O)c2c1O)OC(C)(C)C(O)C5O. The van der Waals surface area contributed by atoms with Crippen molar-refractivity contribution in [3.63, 3.8) is 0 Å². The Balaban J connectivity index is 1.92. The van der Waals surface area contributed by atoms with Crippen molar-refractivity contribution in [2.24, 2.45) is 0 Å². The molecule has 0 aliphatic carbocycles. The highest BCUT2D eigenvalue weighted by Crippen LogP contribution is 2.50. The Bertz CT molecular complexity index is 1770. The lowest BCUT2D eigenvalue weighted by Crippen LogP contribution is -2.48. The molecule has 0 saturated heterocycles. The van der Waals surface area contributed by atoms with Crippen LogP contribution in [0, 0.1) is 0 Å². The number of aliphatic hydroxyl groups excluding tert-OH is 2. The first-order valence-corrected chi connectivity index (χ1v) is 12.7. The molecule has 5 N–H and O–H groups in total. The molecule has 4 aromatic rings. The predicted molar refractivity (Wildman–Crippen MR) is 147 cm³/mol. The summed E-state index contributed by atoms with van der Waals surface area (Å²) in [4.78, 5) is 14.0. The zero-order valence-electron chi connectivity index (χ0n) is 22.7. The maximum atomic E-state index is 14.0. The minimum Gasteiger partial charge on any atom is -0.507 e. The highest BCUT2D eigenvalue weighted by Gasteiger charge is 2.45. The maximum Gasteiger partial charge on any atom is 0.302 e. The number of benzene rings is 2. The molecule has 0 radical (unpaired) electrons. The van der Waals surface area contributed by atoms with Crippen LogP contribution in [0.4, 0.5) is 0 Å². The van der Waals surface area contributed by atoms with Crippen molar-refractivity contribution < 1.29 is 39.1 Å². The van der Waals surface area contributed by atoms with Gasteiger partial charge in [0, 0.05) is 16.5 Å². The molecule has 39 heavy (non-hydrogen) atoms. The van der Waals surface area contributed by atoms with Gasteiger partial charge in [0.25, 0.3) is 0 Å². The number of allylic oxidation sites excluding steroid dienone is 4.